The summed E-state index contributed by atoms with van der Waals surface area (Å²) in [7, 11) is 0. The Morgan fingerprint density at radius 1 is 1.03 bits per heavy atom. The van der Waals surface area contributed by atoms with Gasteiger partial charge in [-0.3, -0.25) is 14.4 Å². The normalized spacial score (nSPS) is 12.8. The number of benzene rings is 2. The number of fused-ring (bicyclic) bond motifs is 1. The van der Waals surface area contributed by atoms with Crippen LogP contribution in [0.1, 0.15) is 41.8 Å². The maximum Gasteiger partial charge on any atom is 0.308 e. The largest absolute Gasteiger partial charge is 0.456 e. The zero-order chi connectivity index (χ0) is 21.7. The van der Waals surface area contributed by atoms with Crippen LogP contribution in [0.25, 0.3) is 5.70 Å². The van der Waals surface area contributed by atoms with Crippen molar-refractivity contribution in [1.29, 1.82) is 0 Å². The molecule has 6 heteroatoms. The van der Waals surface area contributed by atoms with Gasteiger partial charge in [-0.05, 0) is 25.5 Å². The van der Waals surface area contributed by atoms with E-state index >= 15 is 0 Å². The van der Waals surface area contributed by atoms with E-state index in [9.17, 15) is 14.4 Å². The lowest BCUT2D eigenvalue weighted by molar-refractivity contribution is -0.153. The van der Waals surface area contributed by atoms with Crippen LogP contribution in [-0.2, 0) is 20.9 Å². The summed E-state index contributed by atoms with van der Waals surface area (Å²) in [5.41, 5.74) is 2.95. The van der Waals surface area contributed by atoms with Gasteiger partial charge < -0.3 is 14.5 Å². The van der Waals surface area contributed by atoms with Gasteiger partial charge in [0.05, 0.1) is 6.42 Å². The van der Waals surface area contributed by atoms with E-state index in [-0.39, 0.29) is 37.4 Å². The predicted octanol–water partition coefficient (Wildman–Crippen LogP) is 3.48. The highest BCUT2D eigenvalue weighted by atomic mass is 16.5. The fourth-order valence-electron chi connectivity index (χ4n) is 3.41. The van der Waals surface area contributed by atoms with Crippen molar-refractivity contribution in [2.45, 2.75) is 32.9 Å². The van der Waals surface area contributed by atoms with Crippen LogP contribution in [0, 0.1) is 0 Å². The van der Waals surface area contributed by atoms with E-state index in [1.54, 1.807) is 17.0 Å². The molecule has 0 saturated heterocycles. The van der Waals surface area contributed by atoms with Gasteiger partial charge in [0.25, 0.3) is 11.8 Å². The zero-order valence-electron chi connectivity index (χ0n) is 17.3. The van der Waals surface area contributed by atoms with Gasteiger partial charge in [-0.2, -0.15) is 0 Å². The number of rotatable bonds is 8. The van der Waals surface area contributed by atoms with Crippen LogP contribution < -0.4 is 0 Å². The molecule has 0 bridgehead atoms. The molecule has 2 aromatic carbocycles. The maximum absolute atomic E-state index is 12.6. The molecule has 6 nitrogen and oxygen atoms in total. The van der Waals surface area contributed by atoms with Crippen LogP contribution in [0.2, 0.25) is 0 Å². The fraction of sp³-hybridized carbons (Fsp3) is 0.292. The monoisotopic (exact) mass is 406 g/mol. The first-order valence-electron chi connectivity index (χ1n) is 9.97. The second kappa shape index (κ2) is 9.39. The fourth-order valence-corrected chi connectivity index (χ4v) is 3.41. The summed E-state index contributed by atoms with van der Waals surface area (Å²) in [6.07, 6.45) is -0.00755. The highest BCUT2D eigenvalue weighted by Crippen LogP contribution is 2.31. The first kappa shape index (κ1) is 21.3. The number of carbonyl (C=O) groups is 3. The van der Waals surface area contributed by atoms with E-state index in [0.29, 0.717) is 17.8 Å². The van der Waals surface area contributed by atoms with Gasteiger partial charge >= 0.3 is 5.97 Å². The predicted molar refractivity (Wildman–Crippen MR) is 114 cm³/mol. The van der Waals surface area contributed by atoms with Crippen LogP contribution in [0.3, 0.4) is 0 Å². The molecule has 0 N–H and O–H groups in total. The molecular formula is C24H26N2O4. The van der Waals surface area contributed by atoms with Gasteiger partial charge in [0.2, 0.25) is 0 Å². The highest BCUT2D eigenvalue weighted by Gasteiger charge is 2.30. The van der Waals surface area contributed by atoms with Crippen LogP contribution in [0.15, 0.2) is 61.2 Å². The van der Waals surface area contributed by atoms with E-state index in [1.165, 1.54) is 4.90 Å². The third kappa shape index (κ3) is 4.76. The Morgan fingerprint density at radius 3 is 2.30 bits per heavy atom. The summed E-state index contributed by atoms with van der Waals surface area (Å²) in [4.78, 5) is 40.4. The molecular weight excluding hydrogens is 380 g/mol. The maximum atomic E-state index is 12.6. The van der Waals surface area contributed by atoms with Crippen LogP contribution >= 0.6 is 0 Å². The summed E-state index contributed by atoms with van der Waals surface area (Å²) >= 11 is 0. The summed E-state index contributed by atoms with van der Waals surface area (Å²) in [5, 5.41) is 0. The number of hydrogen-bond donors (Lipinski definition) is 0. The molecule has 0 aromatic heterocycles. The molecule has 0 fully saturated rings. The van der Waals surface area contributed by atoms with Crippen molar-refractivity contribution in [2.24, 2.45) is 0 Å². The van der Waals surface area contributed by atoms with E-state index in [0.717, 1.165) is 11.1 Å². The van der Waals surface area contributed by atoms with E-state index in [2.05, 4.69) is 6.58 Å². The van der Waals surface area contributed by atoms with Crippen molar-refractivity contribution in [3.8, 4) is 0 Å². The van der Waals surface area contributed by atoms with Crippen molar-refractivity contribution < 1.29 is 19.1 Å². The lowest BCUT2D eigenvalue weighted by Gasteiger charge is -2.26. The van der Waals surface area contributed by atoms with E-state index in [4.69, 9.17) is 4.74 Å². The topological polar surface area (TPSA) is 66.9 Å². The van der Waals surface area contributed by atoms with Crippen LogP contribution in [-0.4, -0.2) is 46.8 Å². The van der Waals surface area contributed by atoms with Gasteiger partial charge in [-0.25, -0.2) is 0 Å². The molecule has 1 aliphatic heterocycles. The molecule has 0 unspecified atom stereocenters. The van der Waals surface area contributed by atoms with Gasteiger partial charge in [0.1, 0.15) is 0 Å². The Morgan fingerprint density at radius 2 is 1.67 bits per heavy atom. The summed E-state index contributed by atoms with van der Waals surface area (Å²) in [6.45, 7) is 8.09. The average molecular weight is 406 g/mol. The average Bonchev–Trinajstić information content (AvgIpc) is 2.99. The number of ether oxygens (including phenoxy) is 1. The summed E-state index contributed by atoms with van der Waals surface area (Å²) in [6, 6.07) is 16.9. The standard InChI is InChI=1S/C24H26N2O4/c1-17(2)26(15-19-9-5-4-6-10-19)22(27)16-30-23(28)13-14-25-18(3)20-11-7-8-12-21(20)24(25)29/h4-12,17H,3,13-16H2,1-2H3. The third-order valence-electron chi connectivity index (χ3n) is 5.07. The van der Waals surface area contributed by atoms with Gasteiger partial charge in [-0.1, -0.05) is 55.1 Å². The third-order valence-corrected chi connectivity index (χ3v) is 5.07. The molecule has 1 aliphatic rings. The second-order valence-corrected chi connectivity index (χ2v) is 7.46. The molecule has 0 spiro atoms. The van der Waals surface area contributed by atoms with Gasteiger partial charge in [0, 0.05) is 36.0 Å². The van der Waals surface area contributed by atoms with Crippen molar-refractivity contribution in [3.63, 3.8) is 0 Å². The summed E-state index contributed by atoms with van der Waals surface area (Å²) in [5.74, 6) is -0.951. The Hall–Kier alpha value is -3.41. The number of carbonyl (C=O) groups excluding carboxylic acids is 3. The molecule has 156 valence electrons. The van der Waals surface area contributed by atoms with E-state index in [1.807, 2.05) is 56.3 Å². The second-order valence-electron chi connectivity index (χ2n) is 7.46. The first-order chi connectivity index (χ1) is 14.4. The Kier molecular flexibility index (Phi) is 6.67. The van der Waals surface area contributed by atoms with Crippen molar-refractivity contribution in [3.05, 3.63) is 77.9 Å². The van der Waals surface area contributed by atoms with Crippen LogP contribution in [0.5, 0.6) is 0 Å². The highest BCUT2D eigenvalue weighted by molar-refractivity contribution is 6.08. The number of esters is 1. The minimum absolute atomic E-state index is 0.00755. The molecule has 0 atom stereocenters. The Labute approximate surface area is 176 Å². The smallest absolute Gasteiger partial charge is 0.308 e. The molecule has 1 heterocycles. The quantitative estimate of drug-likeness (QED) is 0.630. The van der Waals surface area contributed by atoms with Crippen LogP contribution in [0.4, 0.5) is 0 Å². The number of hydrogen-bond acceptors (Lipinski definition) is 4. The number of amides is 2. The van der Waals surface area contributed by atoms with Crippen molar-refractivity contribution in [1.82, 2.24) is 9.80 Å². The Bertz CT molecular complexity index is 918. The van der Waals surface area contributed by atoms with E-state index < -0.39 is 5.97 Å². The molecule has 0 aliphatic carbocycles. The lowest BCUT2D eigenvalue weighted by Crippen LogP contribution is -2.39. The zero-order valence-corrected chi connectivity index (χ0v) is 17.3. The molecule has 0 radical (unpaired) electrons. The summed E-state index contributed by atoms with van der Waals surface area (Å²) < 4.78 is 5.18. The molecule has 2 amide bonds. The van der Waals surface area contributed by atoms with Gasteiger partial charge in [-0.15, -0.1) is 0 Å². The minimum atomic E-state index is -0.525. The van der Waals surface area contributed by atoms with Gasteiger partial charge in [0.15, 0.2) is 6.61 Å². The number of nitrogens with zero attached hydrogens (tertiary/aromatic N) is 2. The molecule has 30 heavy (non-hydrogen) atoms. The molecule has 2 aromatic rings. The SMILES string of the molecule is C=C1c2ccccc2C(=O)N1CCC(=O)OCC(=O)N(Cc1ccccc1)C(C)C. The lowest BCUT2D eigenvalue weighted by atomic mass is 10.1. The minimum Gasteiger partial charge on any atom is -0.456 e. The Balaban J connectivity index is 1.50. The van der Waals surface area contributed by atoms with Crippen molar-refractivity contribution >= 4 is 23.5 Å². The first-order valence-corrected chi connectivity index (χ1v) is 9.97. The van der Waals surface area contributed by atoms with Crippen molar-refractivity contribution in [2.75, 3.05) is 13.2 Å². The molecule has 3 rings (SSSR count). The molecule has 0 saturated carbocycles.